The monoisotopic (exact) mass is 295 g/mol. The lowest BCUT2D eigenvalue weighted by Gasteiger charge is -2.08. The first kappa shape index (κ1) is 13.9. The van der Waals surface area contributed by atoms with Crippen LogP contribution in [0.5, 0.6) is 5.88 Å². The van der Waals surface area contributed by atoms with E-state index in [1.165, 1.54) is 24.0 Å². The van der Waals surface area contributed by atoms with Gasteiger partial charge in [-0.1, -0.05) is 29.8 Å². The molecule has 2 aromatic carbocycles. The number of hydrogen-bond acceptors (Lipinski definition) is 5. The molecule has 22 heavy (non-hydrogen) atoms. The van der Waals surface area contributed by atoms with Gasteiger partial charge in [-0.15, -0.1) is 0 Å². The van der Waals surface area contributed by atoms with Crippen LogP contribution in [0.3, 0.4) is 0 Å². The summed E-state index contributed by atoms with van der Waals surface area (Å²) in [5.41, 5.74) is 2.70. The highest BCUT2D eigenvalue weighted by atomic mass is 16.6. The SMILES string of the molecule is Cc1ccc(COc2ncnc3cc([N+](=O)[O-])ccc23)cc1. The van der Waals surface area contributed by atoms with Crippen LogP contribution in [0.1, 0.15) is 11.1 Å². The second-order valence-corrected chi connectivity index (χ2v) is 4.91. The zero-order valence-corrected chi connectivity index (χ0v) is 11.9. The highest BCUT2D eigenvalue weighted by Crippen LogP contribution is 2.25. The molecule has 3 aromatic rings. The zero-order chi connectivity index (χ0) is 15.5. The van der Waals surface area contributed by atoms with Crippen molar-refractivity contribution in [3.63, 3.8) is 0 Å². The lowest BCUT2D eigenvalue weighted by Crippen LogP contribution is -1.99. The predicted molar refractivity (Wildman–Crippen MR) is 81.7 cm³/mol. The number of aryl methyl sites for hydroxylation is 1. The van der Waals surface area contributed by atoms with E-state index in [4.69, 9.17) is 4.74 Å². The molecule has 0 unspecified atom stereocenters. The molecule has 0 aliphatic rings. The molecule has 0 spiro atoms. The maximum absolute atomic E-state index is 10.8. The van der Waals surface area contributed by atoms with E-state index >= 15 is 0 Å². The van der Waals surface area contributed by atoms with Crippen LogP contribution in [0.15, 0.2) is 48.8 Å². The number of nitro groups is 1. The second-order valence-electron chi connectivity index (χ2n) is 4.91. The Morgan fingerprint density at radius 1 is 1.14 bits per heavy atom. The molecule has 0 N–H and O–H groups in total. The van der Waals surface area contributed by atoms with Crippen molar-refractivity contribution in [2.75, 3.05) is 0 Å². The van der Waals surface area contributed by atoms with E-state index in [1.807, 2.05) is 31.2 Å². The van der Waals surface area contributed by atoms with Crippen molar-refractivity contribution >= 4 is 16.6 Å². The van der Waals surface area contributed by atoms with Gasteiger partial charge >= 0.3 is 0 Å². The Kier molecular flexibility index (Phi) is 3.65. The summed E-state index contributed by atoms with van der Waals surface area (Å²) < 4.78 is 5.72. The third kappa shape index (κ3) is 2.85. The van der Waals surface area contributed by atoms with Gasteiger partial charge in [0, 0.05) is 12.1 Å². The average molecular weight is 295 g/mol. The fourth-order valence-corrected chi connectivity index (χ4v) is 2.09. The first-order chi connectivity index (χ1) is 10.6. The third-order valence-corrected chi connectivity index (χ3v) is 3.29. The van der Waals surface area contributed by atoms with Gasteiger partial charge in [0.1, 0.15) is 12.9 Å². The molecule has 3 rings (SSSR count). The van der Waals surface area contributed by atoms with E-state index in [2.05, 4.69) is 9.97 Å². The van der Waals surface area contributed by atoms with Gasteiger partial charge in [-0.3, -0.25) is 10.1 Å². The van der Waals surface area contributed by atoms with Crippen LogP contribution in [0.25, 0.3) is 10.9 Å². The Morgan fingerprint density at radius 2 is 1.91 bits per heavy atom. The van der Waals surface area contributed by atoms with E-state index < -0.39 is 4.92 Å². The highest BCUT2D eigenvalue weighted by Gasteiger charge is 2.11. The van der Waals surface area contributed by atoms with Gasteiger partial charge in [-0.05, 0) is 18.6 Å². The van der Waals surface area contributed by atoms with Gasteiger partial charge < -0.3 is 4.74 Å². The number of hydrogen-bond donors (Lipinski definition) is 0. The summed E-state index contributed by atoms with van der Waals surface area (Å²) in [6.07, 6.45) is 1.34. The van der Waals surface area contributed by atoms with Gasteiger partial charge in [0.2, 0.25) is 5.88 Å². The van der Waals surface area contributed by atoms with Crippen LogP contribution in [0.4, 0.5) is 5.69 Å². The molecule has 0 saturated carbocycles. The van der Waals surface area contributed by atoms with Crippen molar-refractivity contribution in [3.8, 4) is 5.88 Å². The van der Waals surface area contributed by atoms with Gasteiger partial charge in [-0.2, -0.15) is 0 Å². The first-order valence-electron chi connectivity index (χ1n) is 6.71. The van der Waals surface area contributed by atoms with Crippen molar-refractivity contribution in [2.24, 2.45) is 0 Å². The van der Waals surface area contributed by atoms with Crippen LogP contribution < -0.4 is 4.74 Å². The Hall–Kier alpha value is -3.02. The molecule has 6 nitrogen and oxygen atoms in total. The molecule has 0 aliphatic heterocycles. The van der Waals surface area contributed by atoms with Crippen molar-refractivity contribution in [1.29, 1.82) is 0 Å². The summed E-state index contributed by atoms with van der Waals surface area (Å²) in [5, 5.41) is 11.5. The average Bonchev–Trinajstić information content (AvgIpc) is 2.53. The highest BCUT2D eigenvalue weighted by molar-refractivity contribution is 5.85. The van der Waals surface area contributed by atoms with Crippen LogP contribution in [-0.4, -0.2) is 14.9 Å². The number of aromatic nitrogens is 2. The minimum atomic E-state index is -0.450. The van der Waals surface area contributed by atoms with E-state index in [1.54, 1.807) is 6.07 Å². The fraction of sp³-hybridized carbons (Fsp3) is 0.125. The summed E-state index contributed by atoms with van der Waals surface area (Å²) >= 11 is 0. The number of rotatable bonds is 4. The van der Waals surface area contributed by atoms with Crippen LogP contribution in [0, 0.1) is 17.0 Å². The summed E-state index contributed by atoms with van der Waals surface area (Å²) in [5.74, 6) is 0.417. The van der Waals surface area contributed by atoms with Gasteiger partial charge in [0.25, 0.3) is 5.69 Å². The fourth-order valence-electron chi connectivity index (χ4n) is 2.09. The number of nitro benzene ring substituents is 1. The quantitative estimate of drug-likeness (QED) is 0.544. The lowest BCUT2D eigenvalue weighted by atomic mass is 10.2. The Morgan fingerprint density at radius 3 is 2.64 bits per heavy atom. The topological polar surface area (TPSA) is 78.2 Å². The number of fused-ring (bicyclic) bond motifs is 1. The Bertz CT molecular complexity index is 832. The summed E-state index contributed by atoms with van der Waals surface area (Å²) in [6.45, 7) is 2.40. The van der Waals surface area contributed by atoms with Gasteiger partial charge in [0.15, 0.2) is 0 Å². The number of benzene rings is 2. The molecule has 0 radical (unpaired) electrons. The molecule has 0 saturated heterocycles. The molecule has 6 heteroatoms. The van der Waals surface area contributed by atoms with Crippen molar-refractivity contribution in [3.05, 3.63) is 70.0 Å². The normalized spacial score (nSPS) is 10.6. The second kappa shape index (κ2) is 5.77. The first-order valence-corrected chi connectivity index (χ1v) is 6.71. The minimum Gasteiger partial charge on any atom is -0.472 e. The maximum Gasteiger partial charge on any atom is 0.271 e. The zero-order valence-electron chi connectivity index (χ0n) is 11.9. The van der Waals surface area contributed by atoms with E-state index in [9.17, 15) is 10.1 Å². The van der Waals surface area contributed by atoms with Crippen LogP contribution >= 0.6 is 0 Å². The van der Waals surface area contributed by atoms with E-state index in [0.717, 1.165) is 5.56 Å². The van der Waals surface area contributed by atoms with Crippen molar-refractivity contribution in [2.45, 2.75) is 13.5 Å². The summed E-state index contributed by atoms with van der Waals surface area (Å²) in [7, 11) is 0. The lowest BCUT2D eigenvalue weighted by molar-refractivity contribution is -0.384. The molecule has 110 valence electrons. The van der Waals surface area contributed by atoms with Crippen LogP contribution in [-0.2, 0) is 6.61 Å². The summed E-state index contributed by atoms with van der Waals surface area (Å²) in [6, 6.07) is 12.4. The summed E-state index contributed by atoms with van der Waals surface area (Å²) in [4.78, 5) is 18.5. The molecular weight excluding hydrogens is 282 g/mol. The molecule has 0 atom stereocenters. The van der Waals surface area contributed by atoms with Crippen LogP contribution in [0.2, 0.25) is 0 Å². The molecule has 0 fully saturated rings. The number of ether oxygens (including phenoxy) is 1. The minimum absolute atomic E-state index is 0.00400. The third-order valence-electron chi connectivity index (χ3n) is 3.29. The molecule has 1 heterocycles. The molecule has 0 bridgehead atoms. The maximum atomic E-state index is 10.8. The Balaban J connectivity index is 1.87. The van der Waals surface area contributed by atoms with Crippen molar-refractivity contribution in [1.82, 2.24) is 9.97 Å². The molecule has 1 aromatic heterocycles. The largest absolute Gasteiger partial charge is 0.472 e. The predicted octanol–water partition coefficient (Wildman–Crippen LogP) is 3.43. The standard InChI is InChI=1S/C16H13N3O3/c1-11-2-4-12(5-3-11)9-22-16-14-7-6-13(19(20)21)8-15(14)17-10-18-16/h2-8,10H,9H2,1H3. The van der Waals surface area contributed by atoms with Gasteiger partial charge in [0.05, 0.1) is 15.8 Å². The smallest absolute Gasteiger partial charge is 0.271 e. The van der Waals surface area contributed by atoms with Crippen molar-refractivity contribution < 1.29 is 9.66 Å². The van der Waals surface area contributed by atoms with Gasteiger partial charge in [-0.25, -0.2) is 9.97 Å². The molecular formula is C16H13N3O3. The number of non-ortho nitro benzene ring substituents is 1. The molecule has 0 amide bonds. The van der Waals surface area contributed by atoms with E-state index in [-0.39, 0.29) is 5.69 Å². The molecule has 0 aliphatic carbocycles. The number of nitrogens with zero attached hydrogens (tertiary/aromatic N) is 3. The van der Waals surface area contributed by atoms with E-state index in [0.29, 0.717) is 23.4 Å². The Labute approximate surface area is 126 Å².